The lowest BCUT2D eigenvalue weighted by Crippen LogP contribution is -2.10. The van der Waals surface area contributed by atoms with Gasteiger partial charge in [0, 0.05) is 0 Å². The van der Waals surface area contributed by atoms with Crippen LogP contribution in [0.5, 0.6) is 0 Å². The average Bonchev–Trinajstić information content (AvgIpc) is 1.38. The lowest BCUT2D eigenvalue weighted by atomic mass is 10.8. The van der Waals surface area contributed by atoms with Gasteiger partial charge in [-0.3, -0.25) is 4.79 Å². The zero-order valence-electron chi connectivity index (χ0n) is 2.98. The maximum atomic E-state index is 9.54. The van der Waals surface area contributed by atoms with Crippen LogP contribution >= 0.6 is 32.9 Å². The van der Waals surface area contributed by atoms with Crippen LogP contribution in [0.4, 0.5) is 0 Å². The molecule has 0 aliphatic rings. The quantitative estimate of drug-likeness (QED) is 0.639. The van der Waals surface area contributed by atoms with Crippen molar-refractivity contribution in [2.75, 3.05) is 5.33 Å². The van der Waals surface area contributed by atoms with Gasteiger partial charge in [-0.1, -0.05) is 15.9 Å². The zero-order chi connectivity index (χ0) is 4.28. The summed E-state index contributed by atoms with van der Waals surface area (Å²) < 4.78 is 0. The van der Waals surface area contributed by atoms with Gasteiger partial charge in [0.1, 0.15) is 0 Å². The van der Waals surface area contributed by atoms with Crippen molar-refractivity contribution in [1.82, 2.24) is 0 Å². The molecule has 1 amide bonds. The standard InChI is InChI=1S/C2H4BrNO.BrH/c3-1-2(4)5;/h1H2,(H2,4,5);1H. The van der Waals surface area contributed by atoms with Gasteiger partial charge in [-0.2, -0.15) is 0 Å². The van der Waals surface area contributed by atoms with E-state index in [1.165, 1.54) is 0 Å². The highest BCUT2D eigenvalue weighted by atomic mass is 79.9. The van der Waals surface area contributed by atoms with E-state index >= 15 is 0 Å². The number of hydrogen-bond donors (Lipinski definition) is 1. The highest BCUT2D eigenvalue weighted by molar-refractivity contribution is 9.09. The molecule has 0 aromatic heterocycles. The Morgan fingerprint density at radius 1 is 1.83 bits per heavy atom. The molecule has 0 radical (unpaired) electrons. The Labute approximate surface area is 55.0 Å². The molecule has 0 heterocycles. The lowest BCUT2D eigenvalue weighted by molar-refractivity contribution is -0.115. The first-order chi connectivity index (χ1) is 2.27. The highest BCUT2D eigenvalue weighted by Crippen LogP contribution is 1.71. The van der Waals surface area contributed by atoms with Crippen molar-refractivity contribution in [3.05, 3.63) is 0 Å². The molecule has 0 aliphatic heterocycles. The molecule has 6 heavy (non-hydrogen) atoms. The summed E-state index contributed by atoms with van der Waals surface area (Å²) in [6.07, 6.45) is 0. The van der Waals surface area contributed by atoms with Crippen LogP contribution < -0.4 is 5.73 Å². The van der Waals surface area contributed by atoms with Gasteiger partial charge in [-0.25, -0.2) is 0 Å². The van der Waals surface area contributed by atoms with Gasteiger partial charge < -0.3 is 5.73 Å². The summed E-state index contributed by atoms with van der Waals surface area (Å²) in [5, 5.41) is 0.257. The molecule has 2 nitrogen and oxygen atoms in total. The number of primary amides is 1. The Bertz CT molecular complexity index is 46.8. The van der Waals surface area contributed by atoms with E-state index in [4.69, 9.17) is 0 Å². The summed E-state index contributed by atoms with van der Waals surface area (Å²) in [5.41, 5.74) is 4.61. The number of alkyl halides is 1. The van der Waals surface area contributed by atoms with Crippen molar-refractivity contribution in [1.29, 1.82) is 0 Å². The van der Waals surface area contributed by atoms with Gasteiger partial charge in [0.05, 0.1) is 5.33 Å². The Hall–Kier alpha value is 0.430. The molecule has 0 spiro atoms. The van der Waals surface area contributed by atoms with Gasteiger partial charge >= 0.3 is 0 Å². The van der Waals surface area contributed by atoms with E-state index in [0.717, 1.165) is 0 Å². The maximum absolute atomic E-state index is 9.54. The molecule has 0 atom stereocenters. The van der Waals surface area contributed by atoms with Crippen LogP contribution in [-0.2, 0) is 4.79 Å². The summed E-state index contributed by atoms with van der Waals surface area (Å²) in [6.45, 7) is 0. The lowest BCUT2D eigenvalue weighted by Gasteiger charge is -1.71. The van der Waals surface area contributed by atoms with Gasteiger partial charge in [0.15, 0.2) is 0 Å². The molecule has 0 aromatic carbocycles. The van der Waals surface area contributed by atoms with Crippen molar-refractivity contribution < 1.29 is 4.79 Å². The Morgan fingerprint density at radius 3 is 2.00 bits per heavy atom. The van der Waals surface area contributed by atoms with Crippen molar-refractivity contribution in [2.24, 2.45) is 5.73 Å². The molecule has 0 aromatic rings. The number of nitrogens with two attached hydrogens (primary N) is 1. The topological polar surface area (TPSA) is 43.1 Å². The number of carbonyl (C=O) groups excluding carboxylic acids is 1. The third-order valence-corrected chi connectivity index (χ3v) is 0.684. The van der Waals surface area contributed by atoms with Crippen molar-refractivity contribution >= 4 is 38.8 Å². The van der Waals surface area contributed by atoms with Crippen molar-refractivity contribution in [2.45, 2.75) is 0 Å². The van der Waals surface area contributed by atoms with Gasteiger partial charge in [-0.15, -0.1) is 17.0 Å². The van der Waals surface area contributed by atoms with Crippen LogP contribution in [0.2, 0.25) is 0 Å². The van der Waals surface area contributed by atoms with E-state index in [1.807, 2.05) is 0 Å². The summed E-state index contributed by atoms with van der Waals surface area (Å²) in [4.78, 5) is 9.54. The summed E-state index contributed by atoms with van der Waals surface area (Å²) in [7, 11) is 0. The summed E-state index contributed by atoms with van der Waals surface area (Å²) >= 11 is 2.84. The smallest absolute Gasteiger partial charge is 0.228 e. The first kappa shape index (κ1) is 9.66. The van der Waals surface area contributed by atoms with E-state index in [-0.39, 0.29) is 28.2 Å². The minimum absolute atomic E-state index is 0. The molecule has 0 aliphatic carbocycles. The predicted octanol–water partition coefficient (Wildman–Crippen LogP) is 0.445. The first-order valence-corrected chi connectivity index (χ1v) is 2.24. The van der Waals surface area contributed by atoms with Crippen LogP contribution in [0.25, 0.3) is 0 Å². The number of amides is 1. The van der Waals surface area contributed by atoms with Crippen LogP contribution in [0.3, 0.4) is 0 Å². The fraction of sp³-hybridized carbons (Fsp3) is 0.500. The van der Waals surface area contributed by atoms with Gasteiger partial charge in [0.25, 0.3) is 0 Å². The number of halogens is 2. The molecule has 38 valence electrons. The molecule has 0 unspecified atom stereocenters. The van der Waals surface area contributed by atoms with E-state index in [2.05, 4.69) is 21.7 Å². The van der Waals surface area contributed by atoms with Gasteiger partial charge in [-0.05, 0) is 0 Å². The predicted molar refractivity (Wildman–Crippen MR) is 33.3 cm³/mol. The third-order valence-electron chi connectivity index (χ3n) is 0.132. The first-order valence-electron chi connectivity index (χ1n) is 1.11. The molecule has 0 saturated heterocycles. The maximum Gasteiger partial charge on any atom is 0.228 e. The second kappa shape index (κ2) is 5.43. The highest BCUT2D eigenvalue weighted by Gasteiger charge is 1.79. The molecular formula is C2H5Br2NO. The summed E-state index contributed by atoms with van der Waals surface area (Å²) in [5.74, 6) is -0.329. The van der Waals surface area contributed by atoms with Crippen molar-refractivity contribution in [3.63, 3.8) is 0 Å². The Morgan fingerprint density at radius 2 is 2.00 bits per heavy atom. The van der Waals surface area contributed by atoms with Gasteiger partial charge in [0.2, 0.25) is 5.91 Å². The zero-order valence-corrected chi connectivity index (χ0v) is 6.28. The average molecular weight is 219 g/mol. The number of rotatable bonds is 1. The molecular weight excluding hydrogens is 214 g/mol. The largest absolute Gasteiger partial charge is 0.369 e. The fourth-order valence-electron chi connectivity index (χ4n) is 0. The molecule has 2 N–H and O–H groups in total. The van der Waals surface area contributed by atoms with Crippen LogP contribution in [0.1, 0.15) is 0 Å². The third kappa shape index (κ3) is 8.83. The minimum Gasteiger partial charge on any atom is -0.369 e. The second-order valence-electron chi connectivity index (χ2n) is 0.600. The van der Waals surface area contributed by atoms with Crippen LogP contribution in [0, 0.1) is 0 Å². The monoisotopic (exact) mass is 217 g/mol. The molecule has 0 fully saturated rings. The minimum atomic E-state index is -0.329. The van der Waals surface area contributed by atoms with E-state index in [1.54, 1.807) is 0 Å². The molecule has 4 heteroatoms. The molecule has 0 saturated carbocycles. The number of hydrogen-bond acceptors (Lipinski definition) is 1. The van der Waals surface area contributed by atoms with Crippen LogP contribution in [0.15, 0.2) is 0 Å². The normalized spacial score (nSPS) is 6.17. The SMILES string of the molecule is Br.NC(=O)CBr. The van der Waals surface area contributed by atoms with E-state index in [0.29, 0.717) is 0 Å². The fourth-order valence-corrected chi connectivity index (χ4v) is 0. The number of carbonyl (C=O) groups is 1. The van der Waals surface area contributed by atoms with E-state index < -0.39 is 0 Å². The molecule has 0 bridgehead atoms. The van der Waals surface area contributed by atoms with E-state index in [9.17, 15) is 4.79 Å². The summed E-state index contributed by atoms with van der Waals surface area (Å²) in [6, 6.07) is 0. The van der Waals surface area contributed by atoms with Crippen molar-refractivity contribution in [3.8, 4) is 0 Å². The Kier molecular flexibility index (Phi) is 8.74. The second-order valence-corrected chi connectivity index (χ2v) is 1.16. The Balaban J connectivity index is 0. The van der Waals surface area contributed by atoms with Crippen LogP contribution in [-0.4, -0.2) is 11.2 Å². The molecule has 0 rings (SSSR count).